The highest BCUT2D eigenvalue weighted by Gasteiger charge is 2.27. The Bertz CT molecular complexity index is 1250. The predicted octanol–water partition coefficient (Wildman–Crippen LogP) is 10.4. The van der Waals surface area contributed by atoms with Crippen LogP contribution in [0.25, 0.3) is 0 Å². The number of hydrogen-bond acceptors (Lipinski definition) is 10. The van der Waals surface area contributed by atoms with E-state index in [-0.39, 0.29) is 19.4 Å². The van der Waals surface area contributed by atoms with Crippen LogP contribution in [0.4, 0.5) is 0 Å². The molecule has 0 aliphatic heterocycles. The molecule has 12 heteroatoms. The molecule has 0 aromatic rings. The molecule has 332 valence electrons. The molecule has 0 aromatic heterocycles. The lowest BCUT2D eigenvalue weighted by molar-refractivity contribution is -0.161. The molecule has 0 aliphatic rings. The summed E-state index contributed by atoms with van der Waals surface area (Å²) in [6.07, 6.45) is 44.6. The summed E-state index contributed by atoms with van der Waals surface area (Å²) in [4.78, 5) is 34.9. The average Bonchev–Trinajstić information content (AvgIpc) is 3.20. The van der Waals surface area contributed by atoms with E-state index in [4.69, 9.17) is 19.1 Å². The first-order valence-corrected chi connectivity index (χ1v) is 23.1. The van der Waals surface area contributed by atoms with Crippen LogP contribution in [0.15, 0.2) is 85.1 Å². The van der Waals surface area contributed by atoms with E-state index in [9.17, 15) is 29.3 Å². The number of phosphoric acid groups is 1. The van der Waals surface area contributed by atoms with E-state index in [0.29, 0.717) is 25.7 Å². The van der Waals surface area contributed by atoms with E-state index >= 15 is 0 Å². The summed E-state index contributed by atoms with van der Waals surface area (Å²) in [7, 11) is -4.65. The third kappa shape index (κ3) is 39.9. The summed E-state index contributed by atoms with van der Waals surface area (Å²) < 4.78 is 32.6. The molecule has 0 aliphatic carbocycles. The van der Waals surface area contributed by atoms with E-state index in [2.05, 4.69) is 48.8 Å². The Hall–Kier alpha value is -2.89. The highest BCUT2D eigenvalue weighted by molar-refractivity contribution is 7.47. The van der Waals surface area contributed by atoms with Crippen molar-refractivity contribution in [2.45, 2.75) is 167 Å². The lowest BCUT2D eigenvalue weighted by atomic mass is 10.1. The number of hydrogen-bond donors (Lipinski definition) is 4. The lowest BCUT2D eigenvalue weighted by Gasteiger charge is -2.20. The summed E-state index contributed by atoms with van der Waals surface area (Å²) in [5, 5.41) is 28.2. The summed E-state index contributed by atoms with van der Waals surface area (Å²) in [5.74, 6) is -1.06. The van der Waals surface area contributed by atoms with Crippen molar-refractivity contribution in [2.24, 2.45) is 0 Å². The smallest absolute Gasteiger partial charge is 0.462 e. The molecule has 0 bridgehead atoms. The van der Waals surface area contributed by atoms with Gasteiger partial charge in [0.15, 0.2) is 6.10 Å². The van der Waals surface area contributed by atoms with Gasteiger partial charge >= 0.3 is 19.8 Å². The minimum absolute atomic E-state index is 0.0949. The van der Waals surface area contributed by atoms with E-state index in [1.807, 2.05) is 48.6 Å². The van der Waals surface area contributed by atoms with E-state index in [0.717, 1.165) is 57.8 Å². The molecule has 4 N–H and O–H groups in total. The molecule has 0 radical (unpaired) electrons. The van der Waals surface area contributed by atoms with Crippen LogP contribution < -0.4 is 0 Å². The summed E-state index contributed by atoms with van der Waals surface area (Å²) in [6, 6.07) is 0. The van der Waals surface area contributed by atoms with Gasteiger partial charge in [0.1, 0.15) is 12.7 Å². The number of carbonyl (C=O) groups is 2. The molecule has 0 aromatic carbocycles. The topological polar surface area (TPSA) is 169 Å². The number of aliphatic hydroxyl groups excluding tert-OH is 3. The molecule has 58 heavy (non-hydrogen) atoms. The van der Waals surface area contributed by atoms with Crippen LogP contribution in [0, 0.1) is 0 Å². The maximum atomic E-state index is 12.6. The van der Waals surface area contributed by atoms with Crippen molar-refractivity contribution >= 4 is 19.8 Å². The first-order chi connectivity index (χ1) is 28.1. The largest absolute Gasteiger partial charge is 0.472 e. The Balaban J connectivity index is 4.48. The predicted molar refractivity (Wildman–Crippen MR) is 234 cm³/mol. The number of carbonyl (C=O) groups excluding carboxylic acids is 2. The minimum Gasteiger partial charge on any atom is -0.462 e. The zero-order valence-electron chi connectivity index (χ0n) is 35.6. The van der Waals surface area contributed by atoms with Crippen molar-refractivity contribution in [1.29, 1.82) is 0 Å². The number of esters is 2. The van der Waals surface area contributed by atoms with Gasteiger partial charge in [-0.3, -0.25) is 18.6 Å². The number of aliphatic hydroxyl groups is 3. The van der Waals surface area contributed by atoms with Crippen LogP contribution in [0.3, 0.4) is 0 Å². The van der Waals surface area contributed by atoms with Crippen molar-refractivity contribution in [1.82, 2.24) is 0 Å². The van der Waals surface area contributed by atoms with Gasteiger partial charge in [-0.1, -0.05) is 150 Å². The van der Waals surface area contributed by atoms with Crippen molar-refractivity contribution < 1.29 is 52.9 Å². The fraction of sp³-hybridized carbons (Fsp3) is 0.652. The van der Waals surface area contributed by atoms with Crippen molar-refractivity contribution in [3.05, 3.63) is 85.1 Å². The Morgan fingerprint density at radius 2 is 1.17 bits per heavy atom. The molecule has 0 saturated carbocycles. The first kappa shape index (κ1) is 55.1. The molecule has 0 spiro atoms. The van der Waals surface area contributed by atoms with Gasteiger partial charge in [0.05, 0.1) is 25.9 Å². The maximum Gasteiger partial charge on any atom is 0.472 e. The van der Waals surface area contributed by atoms with Gasteiger partial charge in [-0.2, -0.15) is 0 Å². The van der Waals surface area contributed by atoms with Gasteiger partial charge in [0.2, 0.25) is 0 Å². The monoisotopic (exact) mass is 837 g/mol. The number of phosphoric ester groups is 1. The minimum atomic E-state index is -4.65. The van der Waals surface area contributed by atoms with Gasteiger partial charge in [-0.05, 0) is 70.6 Å². The van der Waals surface area contributed by atoms with Crippen molar-refractivity contribution in [2.75, 3.05) is 26.4 Å². The second kappa shape index (κ2) is 40.9. The van der Waals surface area contributed by atoms with Gasteiger partial charge in [0, 0.05) is 12.8 Å². The third-order valence-corrected chi connectivity index (χ3v) is 9.58. The van der Waals surface area contributed by atoms with Crippen LogP contribution in [0.2, 0.25) is 0 Å². The third-order valence-electron chi connectivity index (χ3n) is 8.63. The molecular weight excluding hydrogens is 759 g/mol. The van der Waals surface area contributed by atoms with Crippen LogP contribution in [0.1, 0.15) is 149 Å². The molecule has 0 heterocycles. The second-order valence-electron chi connectivity index (χ2n) is 14.2. The summed E-state index contributed by atoms with van der Waals surface area (Å²) >= 11 is 0. The van der Waals surface area contributed by atoms with E-state index in [1.54, 1.807) is 6.08 Å². The zero-order valence-corrected chi connectivity index (χ0v) is 36.5. The van der Waals surface area contributed by atoms with Crippen LogP contribution in [0.5, 0.6) is 0 Å². The SMILES string of the molecule is CC/C=C\CC(O)/C=C/C=C/C/C=C\C/C=C\C/C=C\CCC(=O)OC[C@H](COP(=O)(O)OC[C@@H](O)CO)OC(=O)CCCCCCC/C=C\CCCCCCCC. The normalized spacial score (nSPS) is 15.2. The fourth-order valence-corrected chi connectivity index (χ4v) is 6.06. The lowest BCUT2D eigenvalue weighted by Crippen LogP contribution is -2.29. The van der Waals surface area contributed by atoms with E-state index in [1.165, 1.54) is 38.5 Å². The Kier molecular flexibility index (Phi) is 38.8. The quantitative estimate of drug-likeness (QED) is 0.0153. The number of unbranched alkanes of at least 4 members (excludes halogenated alkanes) is 11. The van der Waals surface area contributed by atoms with Gasteiger partial charge < -0.3 is 29.7 Å². The maximum absolute atomic E-state index is 12.6. The fourth-order valence-electron chi connectivity index (χ4n) is 5.27. The Labute approximate surface area is 350 Å². The zero-order chi connectivity index (χ0) is 42.8. The van der Waals surface area contributed by atoms with Gasteiger partial charge in [-0.25, -0.2) is 4.57 Å². The molecule has 2 unspecified atom stereocenters. The van der Waals surface area contributed by atoms with Gasteiger partial charge in [0.25, 0.3) is 0 Å². The summed E-state index contributed by atoms with van der Waals surface area (Å²) in [6.45, 7) is 2.04. The molecule has 0 amide bonds. The standard InChI is InChI=1S/C46H77O11P/c1-3-5-7-8-9-10-11-12-13-16-20-23-26-29-33-37-46(51)57-44(41-56-58(52,53)55-39-43(49)38-47)40-54-45(50)36-32-28-25-22-19-17-14-15-18-21-24-27-31-35-42(48)34-30-6-4-2/h6,12-13,15,17-19,24-25,27-28,30-31,35,42-44,47-49H,3-5,7-11,14,16,20-23,26,29,32-34,36-41H2,1-2H3,(H,52,53)/b13-12-,18-15-,19-17-,27-24+,28-25-,30-6-,35-31+/t42?,43-,44+/m0/s1. The molecule has 4 atom stereocenters. The highest BCUT2D eigenvalue weighted by atomic mass is 31.2. The molecule has 11 nitrogen and oxygen atoms in total. The number of ether oxygens (including phenoxy) is 2. The molecular formula is C46H77O11P. The Morgan fingerprint density at radius 3 is 1.81 bits per heavy atom. The van der Waals surface area contributed by atoms with Crippen molar-refractivity contribution in [3.63, 3.8) is 0 Å². The highest BCUT2D eigenvalue weighted by Crippen LogP contribution is 2.43. The molecule has 0 fully saturated rings. The number of allylic oxidation sites excluding steroid dienone is 12. The van der Waals surface area contributed by atoms with Crippen LogP contribution >= 0.6 is 7.82 Å². The van der Waals surface area contributed by atoms with E-state index < -0.39 is 57.9 Å². The Morgan fingerprint density at radius 1 is 0.603 bits per heavy atom. The van der Waals surface area contributed by atoms with Crippen LogP contribution in [-0.4, -0.2) is 76.9 Å². The van der Waals surface area contributed by atoms with Gasteiger partial charge in [-0.15, -0.1) is 0 Å². The first-order valence-electron chi connectivity index (χ1n) is 21.7. The molecule has 0 rings (SSSR count). The second-order valence-corrected chi connectivity index (χ2v) is 15.6. The number of rotatable bonds is 39. The van der Waals surface area contributed by atoms with Crippen molar-refractivity contribution in [3.8, 4) is 0 Å². The molecule has 0 saturated heterocycles. The van der Waals surface area contributed by atoms with Crippen LogP contribution in [-0.2, 0) is 32.7 Å². The summed E-state index contributed by atoms with van der Waals surface area (Å²) in [5.41, 5.74) is 0. The average molecular weight is 837 g/mol.